The molecule has 0 radical (unpaired) electrons. The number of piperazine rings is 1. The van der Waals surface area contributed by atoms with Gasteiger partial charge in [0.1, 0.15) is 0 Å². The van der Waals surface area contributed by atoms with Crippen LogP contribution in [0.2, 0.25) is 0 Å². The Balaban J connectivity index is 0.000000414. The highest BCUT2D eigenvalue weighted by Crippen LogP contribution is 2.16. The fraction of sp³-hybridized carbons (Fsp3) is 0.261. The number of para-hydroxylation sites is 1. The summed E-state index contributed by atoms with van der Waals surface area (Å²) in [5.74, 6) is -2.49. The van der Waals surface area contributed by atoms with Crippen molar-refractivity contribution in [2.45, 2.75) is 4.90 Å². The average molecular weight is 475 g/mol. The number of benzene rings is 2. The summed E-state index contributed by atoms with van der Waals surface area (Å²) in [6.07, 6.45) is 2.28. The molecule has 0 atom stereocenters. The maximum Gasteiger partial charge on any atom is 0.328 e. The topological polar surface area (TPSA) is 132 Å². The number of rotatable bonds is 7. The summed E-state index contributed by atoms with van der Waals surface area (Å²) in [6.45, 7) is 3.82. The third-order valence-corrected chi connectivity index (χ3v) is 5.96. The van der Waals surface area contributed by atoms with E-state index in [1.807, 2.05) is 18.2 Å². The standard InChI is InChI=1S/C19H22N2O3S.C4H4O4/c1-25(23,24)18-9-7-16(8-10-18)19(22)15-20-11-13-21(14-12-20)17-5-3-2-4-6-17;5-3(6)1-2-4(7)8/h2-10H,11-15H2,1H3;1-2H,(H,5,6)(H,7,8)/b;2-1-. The molecule has 1 fully saturated rings. The Morgan fingerprint density at radius 2 is 1.36 bits per heavy atom. The van der Waals surface area contributed by atoms with Crippen molar-refractivity contribution in [3.8, 4) is 0 Å². The molecule has 1 saturated heterocycles. The van der Waals surface area contributed by atoms with Gasteiger partial charge in [-0.05, 0) is 24.3 Å². The summed E-state index contributed by atoms with van der Waals surface area (Å²) in [5, 5.41) is 15.6. The molecule has 0 bridgehead atoms. The van der Waals surface area contributed by atoms with Gasteiger partial charge in [0.15, 0.2) is 15.6 Å². The molecule has 33 heavy (non-hydrogen) atoms. The van der Waals surface area contributed by atoms with E-state index in [2.05, 4.69) is 21.9 Å². The summed E-state index contributed by atoms with van der Waals surface area (Å²) >= 11 is 0. The van der Waals surface area contributed by atoms with Gasteiger partial charge in [-0.15, -0.1) is 0 Å². The maximum absolute atomic E-state index is 12.4. The highest BCUT2D eigenvalue weighted by atomic mass is 32.2. The summed E-state index contributed by atoms with van der Waals surface area (Å²) in [4.78, 5) is 36.2. The fourth-order valence-corrected chi connectivity index (χ4v) is 3.76. The van der Waals surface area contributed by atoms with Crippen LogP contribution < -0.4 is 4.90 Å². The van der Waals surface area contributed by atoms with E-state index < -0.39 is 21.8 Å². The number of carbonyl (C=O) groups is 3. The van der Waals surface area contributed by atoms with E-state index >= 15 is 0 Å². The first kappa shape index (κ1) is 25.8. The number of hydrogen-bond donors (Lipinski definition) is 2. The van der Waals surface area contributed by atoms with Gasteiger partial charge in [-0.25, -0.2) is 18.0 Å². The third-order valence-electron chi connectivity index (χ3n) is 4.83. The van der Waals surface area contributed by atoms with Crippen LogP contribution in [-0.4, -0.2) is 80.2 Å². The molecule has 0 amide bonds. The molecule has 0 aliphatic carbocycles. The van der Waals surface area contributed by atoms with Gasteiger partial charge < -0.3 is 15.1 Å². The highest BCUT2D eigenvalue weighted by Gasteiger charge is 2.20. The van der Waals surface area contributed by atoms with Crippen LogP contribution in [0.3, 0.4) is 0 Å². The van der Waals surface area contributed by atoms with E-state index in [4.69, 9.17) is 10.2 Å². The number of carbonyl (C=O) groups excluding carboxylic acids is 1. The first-order valence-electron chi connectivity index (χ1n) is 10.1. The Kier molecular flexibility index (Phi) is 9.31. The zero-order valence-electron chi connectivity index (χ0n) is 18.1. The number of carboxylic acid groups (broad SMARTS) is 2. The zero-order valence-corrected chi connectivity index (χ0v) is 18.9. The molecule has 0 unspecified atom stereocenters. The Hall–Kier alpha value is -3.50. The number of nitrogens with zero attached hydrogens (tertiary/aromatic N) is 2. The Bertz CT molecular complexity index is 1070. The normalized spacial score (nSPS) is 14.4. The van der Waals surface area contributed by atoms with Crippen LogP contribution in [0.15, 0.2) is 71.6 Å². The maximum atomic E-state index is 12.4. The molecule has 1 heterocycles. The lowest BCUT2D eigenvalue weighted by atomic mass is 10.1. The number of ketones is 1. The quantitative estimate of drug-likeness (QED) is 0.455. The van der Waals surface area contributed by atoms with Crippen LogP contribution in [0.4, 0.5) is 5.69 Å². The highest BCUT2D eigenvalue weighted by molar-refractivity contribution is 7.90. The molecule has 10 heteroatoms. The third kappa shape index (κ3) is 8.87. The van der Waals surface area contributed by atoms with Gasteiger partial charge >= 0.3 is 11.9 Å². The molecule has 9 nitrogen and oxygen atoms in total. The minimum Gasteiger partial charge on any atom is -0.478 e. The molecule has 0 aromatic heterocycles. The van der Waals surface area contributed by atoms with Gasteiger partial charge in [-0.1, -0.05) is 30.3 Å². The van der Waals surface area contributed by atoms with Gasteiger partial charge in [0.25, 0.3) is 0 Å². The molecule has 2 N–H and O–H groups in total. The van der Waals surface area contributed by atoms with Crippen molar-refractivity contribution in [3.63, 3.8) is 0 Å². The van der Waals surface area contributed by atoms with Crippen LogP contribution in [0.5, 0.6) is 0 Å². The number of Topliss-reactive ketones (excluding diaryl/α,β-unsaturated/α-hetero) is 1. The van der Waals surface area contributed by atoms with Crippen molar-refractivity contribution in [1.29, 1.82) is 0 Å². The monoisotopic (exact) mass is 474 g/mol. The van der Waals surface area contributed by atoms with E-state index in [1.165, 1.54) is 17.8 Å². The van der Waals surface area contributed by atoms with E-state index in [-0.39, 0.29) is 10.7 Å². The van der Waals surface area contributed by atoms with E-state index in [1.54, 1.807) is 12.1 Å². The minimum atomic E-state index is -3.23. The lowest BCUT2D eigenvalue weighted by molar-refractivity contribution is -0.134. The SMILES string of the molecule is CS(=O)(=O)c1ccc(C(=O)CN2CCN(c3ccccc3)CC2)cc1.O=C(O)/C=C\C(=O)O. The average Bonchev–Trinajstić information content (AvgIpc) is 2.79. The minimum absolute atomic E-state index is 0.0215. The second-order valence-corrected chi connectivity index (χ2v) is 9.34. The van der Waals surface area contributed by atoms with E-state index in [9.17, 15) is 22.8 Å². The number of hydrogen-bond acceptors (Lipinski definition) is 7. The van der Waals surface area contributed by atoms with E-state index in [0.717, 1.165) is 32.4 Å². The number of carboxylic acids is 2. The first-order valence-corrected chi connectivity index (χ1v) is 11.9. The number of anilines is 1. The molecule has 1 aliphatic rings. The molecule has 0 saturated carbocycles. The van der Waals surface area contributed by atoms with Gasteiger partial charge in [0, 0.05) is 55.8 Å². The van der Waals surface area contributed by atoms with Gasteiger partial charge in [0.2, 0.25) is 0 Å². The Morgan fingerprint density at radius 1 is 0.848 bits per heavy atom. The van der Waals surface area contributed by atoms with Crippen molar-refractivity contribution in [2.75, 3.05) is 43.9 Å². The van der Waals surface area contributed by atoms with Crippen LogP contribution in [0.25, 0.3) is 0 Å². The van der Waals surface area contributed by atoms with Crippen molar-refractivity contribution in [2.24, 2.45) is 0 Å². The summed E-state index contributed by atoms with van der Waals surface area (Å²) in [7, 11) is -3.23. The molecule has 3 rings (SSSR count). The smallest absolute Gasteiger partial charge is 0.328 e. The molecule has 2 aromatic carbocycles. The van der Waals surface area contributed by atoms with Crippen molar-refractivity contribution in [3.05, 3.63) is 72.3 Å². The molecule has 0 spiro atoms. The molecule has 2 aromatic rings. The first-order chi connectivity index (χ1) is 15.6. The van der Waals surface area contributed by atoms with Crippen LogP contribution in [-0.2, 0) is 19.4 Å². The number of sulfone groups is 1. The van der Waals surface area contributed by atoms with Crippen molar-refractivity contribution in [1.82, 2.24) is 4.90 Å². The molecule has 1 aliphatic heterocycles. The summed E-state index contributed by atoms with van der Waals surface area (Å²) in [5.41, 5.74) is 1.77. The number of aliphatic carboxylic acids is 2. The van der Waals surface area contributed by atoms with Gasteiger partial charge in [-0.3, -0.25) is 9.69 Å². The fourth-order valence-electron chi connectivity index (χ4n) is 3.13. The Morgan fingerprint density at radius 3 is 1.82 bits per heavy atom. The largest absolute Gasteiger partial charge is 0.478 e. The predicted octanol–water partition coefficient (Wildman–Crippen LogP) is 1.81. The molecular formula is C23H26N2O7S. The van der Waals surface area contributed by atoms with E-state index in [0.29, 0.717) is 24.3 Å². The van der Waals surface area contributed by atoms with Crippen molar-refractivity contribution < 1.29 is 33.0 Å². The zero-order chi connectivity index (χ0) is 24.4. The van der Waals surface area contributed by atoms with Crippen LogP contribution in [0, 0.1) is 0 Å². The molecule has 176 valence electrons. The summed E-state index contributed by atoms with van der Waals surface area (Å²) in [6, 6.07) is 16.5. The lowest BCUT2D eigenvalue weighted by Gasteiger charge is -2.35. The second kappa shape index (κ2) is 11.9. The summed E-state index contributed by atoms with van der Waals surface area (Å²) < 4.78 is 23.0. The van der Waals surface area contributed by atoms with Gasteiger partial charge in [-0.2, -0.15) is 0 Å². The molecular weight excluding hydrogens is 448 g/mol. The van der Waals surface area contributed by atoms with Crippen LogP contribution in [0.1, 0.15) is 10.4 Å². The van der Waals surface area contributed by atoms with Crippen LogP contribution >= 0.6 is 0 Å². The Labute approximate surface area is 192 Å². The van der Waals surface area contributed by atoms with Crippen molar-refractivity contribution >= 4 is 33.2 Å². The lowest BCUT2D eigenvalue weighted by Crippen LogP contribution is -2.48. The predicted molar refractivity (Wildman–Crippen MR) is 123 cm³/mol. The second-order valence-electron chi connectivity index (χ2n) is 7.33. The van der Waals surface area contributed by atoms with Gasteiger partial charge in [0.05, 0.1) is 11.4 Å².